The smallest absolute Gasteiger partial charge is 0.328 e. The van der Waals surface area contributed by atoms with E-state index in [0.717, 1.165) is 22.7 Å². The van der Waals surface area contributed by atoms with E-state index in [1.165, 1.54) is 11.1 Å². The van der Waals surface area contributed by atoms with Crippen molar-refractivity contribution in [3.8, 4) is 0 Å². The number of hydrogen-bond donors (Lipinski definition) is 2. The summed E-state index contributed by atoms with van der Waals surface area (Å²) >= 11 is 0. The molecule has 0 fully saturated rings. The highest BCUT2D eigenvalue weighted by atomic mass is 16.4. The maximum atomic E-state index is 10.4. The quantitative estimate of drug-likeness (QED) is 0.757. The summed E-state index contributed by atoms with van der Waals surface area (Å²) in [6.45, 7) is 4.09. The van der Waals surface area contributed by atoms with Gasteiger partial charge in [0, 0.05) is 22.7 Å². The third kappa shape index (κ3) is 1.98. The number of carboxylic acids is 1. The fourth-order valence-corrected chi connectivity index (χ4v) is 1.87. The zero-order chi connectivity index (χ0) is 11.7. The highest BCUT2D eigenvalue weighted by Gasteiger charge is 2.02. The van der Waals surface area contributed by atoms with Gasteiger partial charge in [0.15, 0.2) is 0 Å². The summed E-state index contributed by atoms with van der Waals surface area (Å²) in [5, 5.41) is 9.68. The lowest BCUT2D eigenvalue weighted by atomic mass is 10.1. The van der Waals surface area contributed by atoms with Gasteiger partial charge in [-0.15, -0.1) is 0 Å². The molecule has 0 saturated carbocycles. The molecule has 3 heteroatoms. The molecule has 2 rings (SSSR count). The standard InChI is InChI=1S/C13H13NO2/c1-8-5-9(2)11-7-10(3-4-13(15)16)14-12(11)6-8/h3-7,14H,1-2H3,(H,15,16)/b4-3+. The number of rotatable bonds is 2. The molecule has 0 radical (unpaired) electrons. The van der Waals surface area contributed by atoms with Gasteiger partial charge in [0.25, 0.3) is 0 Å². The van der Waals surface area contributed by atoms with E-state index in [1.54, 1.807) is 6.08 Å². The zero-order valence-corrected chi connectivity index (χ0v) is 9.24. The predicted molar refractivity (Wildman–Crippen MR) is 64.4 cm³/mol. The first kappa shape index (κ1) is 10.5. The van der Waals surface area contributed by atoms with Gasteiger partial charge < -0.3 is 10.1 Å². The molecule has 0 spiro atoms. The summed E-state index contributed by atoms with van der Waals surface area (Å²) in [6, 6.07) is 6.13. The van der Waals surface area contributed by atoms with Crippen LogP contribution in [-0.4, -0.2) is 16.1 Å². The van der Waals surface area contributed by atoms with Gasteiger partial charge in [0.1, 0.15) is 0 Å². The largest absolute Gasteiger partial charge is 0.478 e. The molecule has 0 aliphatic carbocycles. The summed E-state index contributed by atoms with van der Waals surface area (Å²) < 4.78 is 0. The van der Waals surface area contributed by atoms with Crippen LogP contribution in [0, 0.1) is 13.8 Å². The first-order valence-corrected chi connectivity index (χ1v) is 5.07. The molecule has 0 atom stereocenters. The van der Waals surface area contributed by atoms with Crippen molar-refractivity contribution in [2.24, 2.45) is 0 Å². The first-order chi connectivity index (χ1) is 7.56. The number of carboxylic acid groups (broad SMARTS) is 1. The van der Waals surface area contributed by atoms with E-state index in [1.807, 2.05) is 19.9 Å². The SMILES string of the molecule is Cc1cc(C)c2cc(/C=C/C(=O)O)[nH]c2c1. The Morgan fingerprint density at radius 2 is 2.06 bits per heavy atom. The molecule has 2 aromatic rings. The Balaban J connectivity index is 2.52. The van der Waals surface area contributed by atoms with Crippen LogP contribution in [0.1, 0.15) is 16.8 Å². The molecule has 0 saturated heterocycles. The molecular formula is C13H13NO2. The average molecular weight is 215 g/mol. The molecule has 82 valence electrons. The van der Waals surface area contributed by atoms with E-state index < -0.39 is 5.97 Å². The average Bonchev–Trinajstić information content (AvgIpc) is 2.57. The van der Waals surface area contributed by atoms with Crippen molar-refractivity contribution < 1.29 is 9.90 Å². The minimum Gasteiger partial charge on any atom is -0.478 e. The summed E-state index contributed by atoms with van der Waals surface area (Å²) in [4.78, 5) is 13.6. The van der Waals surface area contributed by atoms with E-state index in [-0.39, 0.29) is 0 Å². The van der Waals surface area contributed by atoms with Crippen molar-refractivity contribution in [2.45, 2.75) is 13.8 Å². The van der Waals surface area contributed by atoms with Crippen LogP contribution in [0.15, 0.2) is 24.3 Å². The lowest BCUT2D eigenvalue weighted by Crippen LogP contribution is -1.85. The van der Waals surface area contributed by atoms with Gasteiger partial charge in [-0.25, -0.2) is 4.79 Å². The highest BCUT2D eigenvalue weighted by Crippen LogP contribution is 2.21. The van der Waals surface area contributed by atoms with Gasteiger partial charge in [-0.1, -0.05) is 6.07 Å². The minimum atomic E-state index is -0.938. The molecule has 0 bridgehead atoms. The third-order valence-electron chi connectivity index (χ3n) is 2.52. The first-order valence-electron chi connectivity index (χ1n) is 5.07. The molecule has 3 nitrogen and oxygen atoms in total. The van der Waals surface area contributed by atoms with Gasteiger partial charge in [-0.3, -0.25) is 0 Å². The van der Waals surface area contributed by atoms with Crippen molar-refractivity contribution in [3.05, 3.63) is 41.1 Å². The lowest BCUT2D eigenvalue weighted by molar-refractivity contribution is -0.131. The van der Waals surface area contributed by atoms with Crippen molar-refractivity contribution in [3.63, 3.8) is 0 Å². The number of fused-ring (bicyclic) bond motifs is 1. The van der Waals surface area contributed by atoms with E-state index in [2.05, 4.69) is 17.1 Å². The number of aryl methyl sites for hydroxylation is 2. The zero-order valence-electron chi connectivity index (χ0n) is 9.24. The molecule has 0 aliphatic heterocycles. The molecule has 1 heterocycles. The number of aromatic amines is 1. The Kier molecular flexibility index (Phi) is 2.52. The van der Waals surface area contributed by atoms with Crippen LogP contribution in [-0.2, 0) is 4.79 Å². The lowest BCUT2D eigenvalue weighted by Gasteiger charge is -1.97. The van der Waals surface area contributed by atoms with Gasteiger partial charge in [-0.05, 0) is 43.2 Å². The van der Waals surface area contributed by atoms with Crippen molar-refractivity contribution in [1.82, 2.24) is 4.98 Å². The van der Waals surface area contributed by atoms with Crippen molar-refractivity contribution >= 4 is 22.9 Å². The molecule has 2 N–H and O–H groups in total. The molecule has 0 aliphatic rings. The second-order valence-electron chi connectivity index (χ2n) is 3.94. The Hall–Kier alpha value is -2.03. The molecule has 0 amide bonds. The summed E-state index contributed by atoms with van der Waals surface area (Å²) in [5.74, 6) is -0.938. The predicted octanol–water partition coefficient (Wildman–Crippen LogP) is 2.88. The normalized spacial score (nSPS) is 11.4. The number of H-pyrrole nitrogens is 1. The summed E-state index contributed by atoms with van der Waals surface area (Å²) in [7, 11) is 0. The Labute approximate surface area is 93.4 Å². The van der Waals surface area contributed by atoms with Crippen LogP contribution in [0.3, 0.4) is 0 Å². The van der Waals surface area contributed by atoms with E-state index in [4.69, 9.17) is 5.11 Å². The number of nitrogens with one attached hydrogen (secondary N) is 1. The monoisotopic (exact) mass is 215 g/mol. The summed E-state index contributed by atoms with van der Waals surface area (Å²) in [6.07, 6.45) is 2.70. The molecule has 1 aromatic heterocycles. The van der Waals surface area contributed by atoms with Gasteiger partial charge >= 0.3 is 5.97 Å². The number of hydrogen-bond acceptors (Lipinski definition) is 1. The second-order valence-corrected chi connectivity index (χ2v) is 3.94. The van der Waals surface area contributed by atoms with Gasteiger partial charge in [0.05, 0.1) is 0 Å². The summed E-state index contributed by atoms with van der Waals surface area (Å²) in [5.41, 5.74) is 4.25. The maximum Gasteiger partial charge on any atom is 0.328 e. The molecule has 1 aromatic carbocycles. The van der Waals surface area contributed by atoms with Gasteiger partial charge in [-0.2, -0.15) is 0 Å². The van der Waals surface area contributed by atoms with Crippen LogP contribution in [0.25, 0.3) is 17.0 Å². The topological polar surface area (TPSA) is 53.1 Å². The number of carbonyl (C=O) groups is 1. The number of benzene rings is 1. The maximum absolute atomic E-state index is 10.4. The highest BCUT2D eigenvalue weighted by molar-refractivity contribution is 5.89. The van der Waals surface area contributed by atoms with Crippen LogP contribution in [0.4, 0.5) is 0 Å². The Morgan fingerprint density at radius 1 is 1.31 bits per heavy atom. The number of aromatic nitrogens is 1. The van der Waals surface area contributed by atoms with E-state index in [9.17, 15) is 4.79 Å². The molecule has 0 unspecified atom stereocenters. The van der Waals surface area contributed by atoms with E-state index >= 15 is 0 Å². The molecule has 16 heavy (non-hydrogen) atoms. The number of aliphatic carboxylic acids is 1. The Morgan fingerprint density at radius 3 is 2.75 bits per heavy atom. The van der Waals surface area contributed by atoms with E-state index in [0.29, 0.717) is 0 Å². The second kappa shape index (κ2) is 3.85. The fraction of sp³-hybridized carbons (Fsp3) is 0.154. The third-order valence-corrected chi connectivity index (χ3v) is 2.52. The van der Waals surface area contributed by atoms with Crippen LogP contribution < -0.4 is 0 Å². The van der Waals surface area contributed by atoms with Crippen LogP contribution >= 0.6 is 0 Å². The van der Waals surface area contributed by atoms with Gasteiger partial charge in [0.2, 0.25) is 0 Å². The van der Waals surface area contributed by atoms with Crippen molar-refractivity contribution in [2.75, 3.05) is 0 Å². The van der Waals surface area contributed by atoms with Crippen LogP contribution in [0.5, 0.6) is 0 Å². The van der Waals surface area contributed by atoms with Crippen molar-refractivity contribution in [1.29, 1.82) is 0 Å². The molecular weight excluding hydrogens is 202 g/mol. The van der Waals surface area contributed by atoms with Crippen LogP contribution in [0.2, 0.25) is 0 Å². The minimum absolute atomic E-state index is 0.811. The Bertz CT molecular complexity index is 579. The fourth-order valence-electron chi connectivity index (χ4n) is 1.87.